The first-order valence-corrected chi connectivity index (χ1v) is 6.09. The largest absolute Gasteiger partial charge is 0.330 e. The van der Waals surface area contributed by atoms with E-state index in [-0.39, 0.29) is 23.3 Å². The molecule has 0 saturated carbocycles. The molecule has 104 valence electrons. The van der Waals surface area contributed by atoms with Gasteiger partial charge in [-0.1, -0.05) is 0 Å². The van der Waals surface area contributed by atoms with Gasteiger partial charge in [0.2, 0.25) is 0 Å². The van der Waals surface area contributed by atoms with Gasteiger partial charge in [-0.05, 0) is 6.42 Å². The minimum absolute atomic E-state index is 0.118. The van der Waals surface area contributed by atoms with Gasteiger partial charge in [-0.2, -0.15) is 0 Å². The summed E-state index contributed by atoms with van der Waals surface area (Å²) in [5.74, 6) is 0. The summed E-state index contributed by atoms with van der Waals surface area (Å²) in [4.78, 5) is 38.9. The van der Waals surface area contributed by atoms with Crippen molar-refractivity contribution in [3.05, 3.63) is 32.6 Å². The molecule has 0 N–H and O–H groups in total. The molecule has 0 spiro atoms. The number of aryl methyl sites for hydroxylation is 1. The van der Waals surface area contributed by atoms with Gasteiger partial charge in [-0.15, -0.1) is 0 Å². The Kier molecular flexibility index (Phi) is 3.21. The predicted molar refractivity (Wildman–Crippen MR) is 70.1 cm³/mol. The zero-order valence-electron chi connectivity index (χ0n) is 11.6. The number of rotatable bonds is 1. The van der Waals surface area contributed by atoms with Crippen LogP contribution in [0.2, 0.25) is 0 Å². The average molecular weight is 266 g/mol. The third kappa shape index (κ3) is 2.05. The van der Waals surface area contributed by atoms with E-state index in [1.165, 1.54) is 17.8 Å². The third-order valence-corrected chi connectivity index (χ3v) is 3.67. The Morgan fingerprint density at radius 3 is 2.37 bits per heavy atom. The molecule has 2 amide bonds. The van der Waals surface area contributed by atoms with Gasteiger partial charge in [0.1, 0.15) is 0 Å². The lowest BCUT2D eigenvalue weighted by Gasteiger charge is -2.37. The van der Waals surface area contributed by atoms with Crippen LogP contribution in [0.25, 0.3) is 0 Å². The summed E-state index contributed by atoms with van der Waals surface area (Å²) in [7, 11) is 6.45. The van der Waals surface area contributed by atoms with Gasteiger partial charge >= 0.3 is 11.7 Å². The second-order valence-corrected chi connectivity index (χ2v) is 4.96. The Bertz CT molecular complexity index is 631. The molecule has 0 unspecified atom stereocenters. The van der Waals surface area contributed by atoms with Gasteiger partial charge in [0.25, 0.3) is 5.56 Å². The van der Waals surface area contributed by atoms with E-state index in [4.69, 9.17) is 0 Å². The molecule has 7 nitrogen and oxygen atoms in total. The van der Waals surface area contributed by atoms with E-state index in [2.05, 4.69) is 0 Å². The van der Waals surface area contributed by atoms with E-state index < -0.39 is 0 Å². The van der Waals surface area contributed by atoms with Crippen LogP contribution in [0.5, 0.6) is 0 Å². The number of urea groups is 1. The summed E-state index contributed by atoms with van der Waals surface area (Å²) >= 11 is 0. The van der Waals surface area contributed by atoms with Crippen LogP contribution in [0, 0.1) is 0 Å². The Hall–Kier alpha value is -2.05. The molecule has 1 aliphatic heterocycles. The number of carbonyl (C=O) groups is 1. The van der Waals surface area contributed by atoms with Crippen LogP contribution in [0.1, 0.15) is 18.0 Å². The highest BCUT2D eigenvalue weighted by molar-refractivity contribution is 5.75. The fourth-order valence-electron chi connectivity index (χ4n) is 2.44. The van der Waals surface area contributed by atoms with Crippen molar-refractivity contribution in [3.8, 4) is 0 Å². The van der Waals surface area contributed by atoms with Crippen LogP contribution in [-0.2, 0) is 14.1 Å². The number of aromatic nitrogens is 2. The highest BCUT2D eigenvalue weighted by atomic mass is 16.2. The molecule has 2 rings (SSSR count). The quantitative estimate of drug-likeness (QED) is 0.689. The summed E-state index contributed by atoms with van der Waals surface area (Å²) in [5, 5.41) is 0. The van der Waals surface area contributed by atoms with Crippen molar-refractivity contribution < 1.29 is 4.79 Å². The Morgan fingerprint density at radius 1 is 1.11 bits per heavy atom. The van der Waals surface area contributed by atoms with Crippen LogP contribution in [0.3, 0.4) is 0 Å². The molecule has 1 atom stereocenters. The monoisotopic (exact) mass is 266 g/mol. The maximum absolute atomic E-state index is 12.2. The Morgan fingerprint density at radius 2 is 1.74 bits per heavy atom. The third-order valence-electron chi connectivity index (χ3n) is 3.67. The first-order chi connectivity index (χ1) is 8.84. The average Bonchev–Trinajstić information content (AvgIpc) is 2.39. The predicted octanol–water partition coefficient (Wildman–Crippen LogP) is -0.488. The summed E-state index contributed by atoms with van der Waals surface area (Å²) in [6.45, 7) is 0.597. The van der Waals surface area contributed by atoms with Gasteiger partial charge in [0.15, 0.2) is 0 Å². The second-order valence-electron chi connectivity index (χ2n) is 4.96. The Labute approximate surface area is 110 Å². The second kappa shape index (κ2) is 4.56. The number of hydrogen-bond acceptors (Lipinski definition) is 3. The normalized spacial score (nSPS) is 20.0. The van der Waals surface area contributed by atoms with Gasteiger partial charge < -0.3 is 14.4 Å². The Balaban J connectivity index is 2.52. The zero-order valence-corrected chi connectivity index (χ0v) is 11.6. The van der Waals surface area contributed by atoms with Crippen molar-refractivity contribution in [1.82, 2.24) is 18.9 Å². The van der Waals surface area contributed by atoms with Crippen LogP contribution < -0.4 is 11.2 Å². The van der Waals surface area contributed by atoms with Crippen molar-refractivity contribution in [2.75, 3.05) is 20.6 Å². The van der Waals surface area contributed by atoms with Gasteiger partial charge in [0.05, 0.1) is 11.6 Å². The summed E-state index contributed by atoms with van der Waals surface area (Å²) in [5.41, 5.74) is -0.221. The molecule has 19 heavy (non-hydrogen) atoms. The number of nitrogens with zero attached hydrogens (tertiary/aromatic N) is 4. The fourth-order valence-corrected chi connectivity index (χ4v) is 2.44. The first kappa shape index (κ1) is 13.4. The molecule has 1 aliphatic rings. The number of amides is 2. The molecular weight excluding hydrogens is 248 g/mol. The summed E-state index contributed by atoms with van der Waals surface area (Å²) in [6, 6.07) is -0.402. The molecule has 0 aliphatic carbocycles. The van der Waals surface area contributed by atoms with E-state index in [9.17, 15) is 14.4 Å². The highest BCUT2D eigenvalue weighted by Gasteiger charge is 2.31. The molecule has 0 aromatic carbocycles. The van der Waals surface area contributed by atoms with E-state index in [0.717, 1.165) is 4.57 Å². The molecule has 2 heterocycles. The molecule has 1 fully saturated rings. The van der Waals surface area contributed by atoms with Gasteiger partial charge in [-0.3, -0.25) is 9.36 Å². The van der Waals surface area contributed by atoms with E-state index >= 15 is 0 Å². The molecule has 0 radical (unpaired) electrons. The van der Waals surface area contributed by atoms with Crippen molar-refractivity contribution in [1.29, 1.82) is 0 Å². The standard InChI is InChI=1S/C12H18N4O3/c1-13-6-5-9(15(3)11(13)18)8-7-14(2)12(19)16(4)10(8)17/h7,9H,5-6H2,1-4H3/t9-/m1/s1. The summed E-state index contributed by atoms with van der Waals surface area (Å²) < 4.78 is 2.44. The molecule has 1 saturated heterocycles. The van der Waals surface area contributed by atoms with E-state index in [1.807, 2.05) is 0 Å². The van der Waals surface area contributed by atoms with E-state index in [0.29, 0.717) is 18.5 Å². The fraction of sp³-hybridized carbons (Fsp3) is 0.583. The van der Waals surface area contributed by atoms with Crippen LogP contribution in [0.4, 0.5) is 4.79 Å². The lowest BCUT2D eigenvalue weighted by molar-refractivity contribution is 0.123. The number of carbonyl (C=O) groups excluding carboxylic acids is 1. The maximum atomic E-state index is 12.2. The minimum Gasteiger partial charge on any atom is -0.328 e. The maximum Gasteiger partial charge on any atom is 0.330 e. The molecule has 0 bridgehead atoms. The smallest absolute Gasteiger partial charge is 0.328 e. The van der Waals surface area contributed by atoms with Crippen LogP contribution >= 0.6 is 0 Å². The van der Waals surface area contributed by atoms with Crippen LogP contribution in [-0.4, -0.2) is 45.6 Å². The van der Waals surface area contributed by atoms with Crippen molar-refractivity contribution in [2.45, 2.75) is 12.5 Å². The minimum atomic E-state index is -0.365. The lowest BCUT2D eigenvalue weighted by Crippen LogP contribution is -2.49. The zero-order chi connectivity index (χ0) is 14.3. The molecular formula is C12H18N4O3. The van der Waals surface area contributed by atoms with Crippen molar-refractivity contribution in [2.24, 2.45) is 14.1 Å². The number of hydrogen-bond donors (Lipinski definition) is 0. The molecule has 1 aromatic rings. The van der Waals surface area contributed by atoms with Gasteiger partial charge in [-0.25, -0.2) is 9.59 Å². The molecule has 1 aromatic heterocycles. The SMILES string of the molecule is CN1CC[C@H](c2cn(C)c(=O)n(C)c2=O)N(C)C1=O. The van der Waals surface area contributed by atoms with E-state index in [1.54, 1.807) is 30.9 Å². The lowest BCUT2D eigenvalue weighted by atomic mass is 10.0. The van der Waals surface area contributed by atoms with Crippen molar-refractivity contribution in [3.63, 3.8) is 0 Å². The van der Waals surface area contributed by atoms with Crippen LogP contribution in [0.15, 0.2) is 15.8 Å². The van der Waals surface area contributed by atoms with Crippen molar-refractivity contribution >= 4 is 6.03 Å². The van der Waals surface area contributed by atoms with Gasteiger partial charge in [0, 0.05) is 40.9 Å². The summed E-state index contributed by atoms with van der Waals surface area (Å²) in [6.07, 6.45) is 2.20. The molecule has 7 heteroatoms. The topological polar surface area (TPSA) is 67.6 Å². The highest BCUT2D eigenvalue weighted by Crippen LogP contribution is 2.25. The first-order valence-electron chi connectivity index (χ1n) is 6.09.